The second-order valence-corrected chi connectivity index (χ2v) is 10.2. The van der Waals surface area contributed by atoms with Gasteiger partial charge in [-0.15, -0.1) is 0 Å². The molecule has 4 N–H and O–H groups in total. The number of aliphatic hydroxyl groups is 1. The zero-order valence-electron chi connectivity index (χ0n) is 20.4. The molecule has 0 aliphatic rings. The van der Waals surface area contributed by atoms with Gasteiger partial charge in [0.15, 0.2) is 11.5 Å². The molecule has 0 radical (unpaired) electrons. The van der Waals surface area contributed by atoms with Crippen molar-refractivity contribution < 1.29 is 32.5 Å². The van der Waals surface area contributed by atoms with Crippen molar-refractivity contribution >= 4 is 15.7 Å². The van der Waals surface area contributed by atoms with E-state index in [4.69, 9.17) is 9.47 Å². The number of aliphatic hydroxyl groups excluding tert-OH is 1. The van der Waals surface area contributed by atoms with Crippen molar-refractivity contribution in [3.63, 3.8) is 0 Å². The van der Waals surface area contributed by atoms with Crippen LogP contribution in [0.2, 0.25) is 0 Å². The quantitative estimate of drug-likeness (QED) is 0.272. The second kappa shape index (κ2) is 12.1. The minimum atomic E-state index is -3.58. The smallest absolute Gasteiger partial charge is 0.229 e. The number of benzene rings is 3. The maximum atomic E-state index is 14.4. The molecule has 0 aromatic heterocycles. The van der Waals surface area contributed by atoms with Crippen LogP contribution in [-0.4, -0.2) is 51.8 Å². The number of phenols is 1. The predicted molar refractivity (Wildman–Crippen MR) is 137 cm³/mol. The van der Waals surface area contributed by atoms with E-state index in [1.165, 1.54) is 25.3 Å². The van der Waals surface area contributed by atoms with Crippen LogP contribution in [0.4, 0.5) is 10.1 Å². The van der Waals surface area contributed by atoms with Gasteiger partial charge >= 0.3 is 0 Å². The van der Waals surface area contributed by atoms with Crippen molar-refractivity contribution in [2.75, 3.05) is 31.7 Å². The van der Waals surface area contributed by atoms with E-state index < -0.39 is 16.1 Å². The average molecular weight is 519 g/mol. The summed E-state index contributed by atoms with van der Waals surface area (Å²) in [5, 5.41) is 23.9. The molecule has 0 bridgehead atoms. The van der Waals surface area contributed by atoms with Gasteiger partial charge in [-0.25, -0.2) is 12.8 Å². The van der Waals surface area contributed by atoms with Crippen LogP contribution in [0.3, 0.4) is 0 Å². The third kappa shape index (κ3) is 7.58. The fraction of sp³-hybridized carbons (Fsp3) is 0.308. The lowest BCUT2D eigenvalue weighted by atomic mass is 9.97. The van der Waals surface area contributed by atoms with Crippen LogP contribution in [-0.2, 0) is 22.9 Å². The fourth-order valence-electron chi connectivity index (χ4n) is 3.88. The molecular formula is C26H31FN2O6S. The van der Waals surface area contributed by atoms with E-state index >= 15 is 0 Å². The molecule has 0 fully saturated rings. The number of phenolic OH excluding ortho intramolecular Hbond substituents is 1. The van der Waals surface area contributed by atoms with Crippen molar-refractivity contribution in [1.29, 1.82) is 0 Å². The van der Waals surface area contributed by atoms with Gasteiger partial charge in [-0.2, -0.15) is 0 Å². The number of halogens is 1. The molecule has 0 heterocycles. The molecule has 8 nitrogen and oxygen atoms in total. The molecule has 0 aliphatic heterocycles. The van der Waals surface area contributed by atoms with Gasteiger partial charge in [0.2, 0.25) is 10.0 Å². The lowest BCUT2D eigenvalue weighted by Gasteiger charge is -2.23. The molecule has 0 spiro atoms. The van der Waals surface area contributed by atoms with Crippen molar-refractivity contribution in [3.8, 4) is 17.2 Å². The summed E-state index contributed by atoms with van der Waals surface area (Å²) < 4.78 is 50.5. The molecule has 3 rings (SSSR count). The van der Waals surface area contributed by atoms with Crippen LogP contribution in [0, 0.1) is 5.82 Å². The SMILES string of the molecule is COc1ccc(C(Cc2ccccc2F)NCC(O)Cc2ccc(O)c(NS(C)(=O)=O)c2)cc1OC. The highest BCUT2D eigenvalue weighted by molar-refractivity contribution is 7.92. The van der Waals surface area contributed by atoms with E-state index in [1.807, 2.05) is 12.1 Å². The van der Waals surface area contributed by atoms with Crippen LogP contribution < -0.4 is 19.5 Å². The van der Waals surface area contributed by atoms with Crippen LogP contribution in [0.25, 0.3) is 0 Å². The number of ether oxygens (including phenoxy) is 2. The monoisotopic (exact) mass is 518 g/mol. The molecule has 36 heavy (non-hydrogen) atoms. The summed E-state index contributed by atoms with van der Waals surface area (Å²) in [6, 6.07) is 16.1. The van der Waals surface area contributed by atoms with Crippen LogP contribution in [0.15, 0.2) is 60.7 Å². The first-order valence-electron chi connectivity index (χ1n) is 11.3. The first kappa shape index (κ1) is 27.3. The number of rotatable bonds is 12. The molecule has 0 saturated heterocycles. The molecule has 3 aromatic rings. The summed E-state index contributed by atoms with van der Waals surface area (Å²) in [6.45, 7) is 0.170. The lowest BCUT2D eigenvalue weighted by Crippen LogP contribution is -2.33. The van der Waals surface area contributed by atoms with E-state index in [0.29, 0.717) is 29.0 Å². The Bertz CT molecular complexity index is 1290. The molecule has 0 amide bonds. The molecule has 2 atom stereocenters. The van der Waals surface area contributed by atoms with Gasteiger partial charge in [0.1, 0.15) is 11.6 Å². The summed E-state index contributed by atoms with van der Waals surface area (Å²) in [6.07, 6.45) is 0.673. The fourth-order valence-corrected chi connectivity index (χ4v) is 4.44. The molecule has 2 unspecified atom stereocenters. The van der Waals surface area contributed by atoms with E-state index in [0.717, 1.165) is 11.8 Å². The average Bonchev–Trinajstić information content (AvgIpc) is 2.83. The molecule has 3 aromatic carbocycles. The Labute approximate surface area is 210 Å². The lowest BCUT2D eigenvalue weighted by molar-refractivity contribution is 0.167. The first-order chi connectivity index (χ1) is 17.1. The zero-order valence-corrected chi connectivity index (χ0v) is 21.2. The third-order valence-electron chi connectivity index (χ3n) is 5.62. The summed E-state index contributed by atoms with van der Waals surface area (Å²) in [5.74, 6) is 0.568. The van der Waals surface area contributed by atoms with Gasteiger partial charge in [-0.3, -0.25) is 4.72 Å². The van der Waals surface area contributed by atoms with Crippen LogP contribution in [0.1, 0.15) is 22.7 Å². The van der Waals surface area contributed by atoms with Crippen molar-refractivity contribution in [3.05, 3.63) is 83.2 Å². The Hall–Kier alpha value is -3.34. The summed E-state index contributed by atoms with van der Waals surface area (Å²) >= 11 is 0. The molecule has 0 aliphatic carbocycles. The van der Waals surface area contributed by atoms with Gasteiger partial charge in [0, 0.05) is 12.6 Å². The zero-order chi connectivity index (χ0) is 26.3. The molecule has 10 heteroatoms. The number of aromatic hydroxyl groups is 1. The van der Waals surface area contributed by atoms with Crippen molar-refractivity contribution in [1.82, 2.24) is 5.32 Å². The van der Waals surface area contributed by atoms with Gasteiger partial charge in [0.05, 0.1) is 32.3 Å². The van der Waals surface area contributed by atoms with Crippen LogP contribution in [0.5, 0.6) is 17.2 Å². The van der Waals surface area contributed by atoms with Gasteiger partial charge in [0.25, 0.3) is 0 Å². The predicted octanol–water partition coefficient (Wildman–Crippen LogP) is 3.40. The van der Waals surface area contributed by atoms with E-state index in [2.05, 4.69) is 10.0 Å². The number of hydrogen-bond donors (Lipinski definition) is 4. The minimum Gasteiger partial charge on any atom is -0.506 e. The number of methoxy groups -OCH3 is 2. The first-order valence-corrected chi connectivity index (χ1v) is 13.1. The Morgan fingerprint density at radius 1 is 0.972 bits per heavy atom. The number of nitrogens with one attached hydrogen (secondary N) is 2. The topological polar surface area (TPSA) is 117 Å². The Balaban J connectivity index is 1.77. The number of anilines is 1. The summed E-state index contributed by atoms with van der Waals surface area (Å²) in [5.41, 5.74) is 2.02. The highest BCUT2D eigenvalue weighted by Crippen LogP contribution is 2.31. The maximum Gasteiger partial charge on any atom is 0.229 e. The standard InChI is InChI=1S/C26H31FN2O6S/c1-34-25-11-9-19(15-26(25)35-2)22(14-18-6-4-5-7-21(18)27)28-16-20(30)12-17-8-10-24(31)23(13-17)29-36(3,32)33/h4-11,13,15,20,22,28-31H,12,14,16H2,1-3H3. The van der Waals surface area contributed by atoms with Crippen LogP contribution >= 0.6 is 0 Å². The molecular weight excluding hydrogens is 487 g/mol. The van der Waals surface area contributed by atoms with Gasteiger partial charge in [-0.05, 0) is 59.9 Å². The number of hydrogen-bond acceptors (Lipinski definition) is 7. The minimum absolute atomic E-state index is 0.0397. The van der Waals surface area contributed by atoms with E-state index in [1.54, 1.807) is 37.4 Å². The maximum absolute atomic E-state index is 14.4. The number of sulfonamides is 1. The second-order valence-electron chi connectivity index (χ2n) is 8.45. The summed E-state index contributed by atoms with van der Waals surface area (Å²) in [7, 11) is -0.494. The normalized spacial score (nSPS) is 13.1. The van der Waals surface area contributed by atoms with Crippen molar-refractivity contribution in [2.24, 2.45) is 0 Å². The van der Waals surface area contributed by atoms with Crippen molar-refractivity contribution in [2.45, 2.75) is 25.0 Å². The van der Waals surface area contributed by atoms with E-state index in [9.17, 15) is 23.0 Å². The molecule has 0 saturated carbocycles. The molecule has 194 valence electrons. The highest BCUT2D eigenvalue weighted by Gasteiger charge is 2.19. The van der Waals surface area contributed by atoms with Gasteiger partial charge in [-0.1, -0.05) is 30.3 Å². The Morgan fingerprint density at radius 3 is 2.36 bits per heavy atom. The third-order valence-corrected chi connectivity index (χ3v) is 6.21. The Morgan fingerprint density at radius 2 is 1.69 bits per heavy atom. The largest absolute Gasteiger partial charge is 0.506 e. The Kier molecular flexibility index (Phi) is 9.14. The highest BCUT2D eigenvalue weighted by atomic mass is 32.2. The van der Waals surface area contributed by atoms with Gasteiger partial charge < -0.3 is 25.0 Å². The van der Waals surface area contributed by atoms with E-state index in [-0.39, 0.29) is 36.3 Å². The summed E-state index contributed by atoms with van der Waals surface area (Å²) in [4.78, 5) is 0.